The highest BCUT2D eigenvalue weighted by Gasteiger charge is 2.10. The Morgan fingerprint density at radius 3 is 2.32 bits per heavy atom. The van der Waals surface area contributed by atoms with Gasteiger partial charge in [0, 0.05) is 5.69 Å². The minimum Gasteiger partial charge on any atom is -0.368 e. The molecule has 0 aliphatic rings. The van der Waals surface area contributed by atoms with Crippen LogP contribution >= 0.6 is 0 Å². The first kappa shape index (κ1) is 13.0. The van der Waals surface area contributed by atoms with Gasteiger partial charge in [0.1, 0.15) is 0 Å². The van der Waals surface area contributed by atoms with Crippen molar-refractivity contribution in [3.8, 4) is 0 Å². The topological polar surface area (TPSA) is 157 Å². The Hall–Kier alpha value is -2.46. The summed E-state index contributed by atoms with van der Waals surface area (Å²) in [5, 5.41) is 2.70. The van der Waals surface area contributed by atoms with E-state index < -0.39 is 10.1 Å². The van der Waals surface area contributed by atoms with Gasteiger partial charge in [-0.2, -0.15) is 23.4 Å². The fourth-order valence-electron chi connectivity index (χ4n) is 1.33. The molecule has 1 aromatic carbocycles. The fourth-order valence-corrected chi connectivity index (χ4v) is 1.86. The van der Waals surface area contributed by atoms with Gasteiger partial charge >= 0.3 is 0 Å². The van der Waals surface area contributed by atoms with Gasteiger partial charge < -0.3 is 16.8 Å². The predicted molar refractivity (Wildman–Crippen MR) is 68.2 cm³/mol. The average Bonchev–Trinajstić information content (AvgIpc) is 2.26. The Morgan fingerprint density at radius 1 is 1.11 bits per heavy atom. The number of hydrogen-bond acceptors (Lipinski definition) is 8. The van der Waals surface area contributed by atoms with Gasteiger partial charge in [-0.25, -0.2) is 0 Å². The van der Waals surface area contributed by atoms with Crippen LogP contribution in [0.4, 0.5) is 23.5 Å². The maximum atomic E-state index is 11.0. The second-order valence-electron chi connectivity index (χ2n) is 3.50. The molecule has 2 aromatic rings. The summed E-state index contributed by atoms with van der Waals surface area (Å²) in [6.07, 6.45) is 0. The molecule has 0 atom stereocenters. The Balaban J connectivity index is 2.33. The molecular weight excluding hydrogens is 272 g/mol. The third kappa shape index (κ3) is 3.26. The van der Waals surface area contributed by atoms with Crippen LogP contribution in [0.5, 0.6) is 0 Å². The summed E-state index contributed by atoms with van der Waals surface area (Å²) >= 11 is 0. The van der Waals surface area contributed by atoms with E-state index in [1.54, 1.807) is 6.07 Å². The lowest BCUT2D eigenvalue weighted by molar-refractivity contribution is 0.483. The highest BCUT2D eigenvalue weighted by Crippen LogP contribution is 2.18. The molecule has 0 bridgehead atoms. The molecule has 19 heavy (non-hydrogen) atoms. The molecule has 1 heterocycles. The standard InChI is InChI=1S/C9H10N6O3S/c10-7-13-8(11)15-9(14-7)12-5-2-1-3-6(4-5)19(16,17)18/h1-4H,(H,16,17,18)(H5,10,11,12,13,14,15). The first-order valence-corrected chi connectivity index (χ1v) is 6.40. The van der Waals surface area contributed by atoms with Crippen molar-refractivity contribution < 1.29 is 13.0 Å². The first-order valence-electron chi connectivity index (χ1n) is 4.96. The molecule has 9 nitrogen and oxygen atoms in total. The number of nitrogens with two attached hydrogens (primary N) is 2. The maximum absolute atomic E-state index is 11.0. The normalized spacial score (nSPS) is 11.2. The van der Waals surface area contributed by atoms with Gasteiger partial charge in [0.25, 0.3) is 10.1 Å². The highest BCUT2D eigenvalue weighted by atomic mass is 32.2. The van der Waals surface area contributed by atoms with Gasteiger partial charge in [-0.05, 0) is 18.2 Å². The number of nitrogens with zero attached hydrogens (tertiary/aromatic N) is 3. The SMILES string of the molecule is Nc1nc(N)nc(Nc2cccc(S(=O)(=O)O)c2)n1. The molecule has 0 aliphatic carbocycles. The zero-order valence-electron chi connectivity index (χ0n) is 9.48. The van der Waals surface area contributed by atoms with E-state index in [1.807, 2.05) is 0 Å². The molecule has 0 radical (unpaired) electrons. The lowest BCUT2D eigenvalue weighted by Crippen LogP contribution is -2.07. The van der Waals surface area contributed by atoms with Crippen LogP contribution in [-0.4, -0.2) is 27.9 Å². The highest BCUT2D eigenvalue weighted by molar-refractivity contribution is 7.85. The molecule has 6 N–H and O–H groups in total. The van der Waals surface area contributed by atoms with Crippen LogP contribution in [0, 0.1) is 0 Å². The van der Waals surface area contributed by atoms with Crippen LogP contribution in [0.15, 0.2) is 29.2 Å². The third-order valence-corrected chi connectivity index (χ3v) is 2.91. The van der Waals surface area contributed by atoms with Gasteiger partial charge in [-0.1, -0.05) is 6.07 Å². The first-order chi connectivity index (χ1) is 8.84. The van der Waals surface area contributed by atoms with Crippen LogP contribution in [0.3, 0.4) is 0 Å². The van der Waals surface area contributed by atoms with E-state index in [1.165, 1.54) is 18.2 Å². The van der Waals surface area contributed by atoms with Gasteiger partial charge in [0.05, 0.1) is 4.90 Å². The monoisotopic (exact) mass is 282 g/mol. The smallest absolute Gasteiger partial charge is 0.294 e. The van der Waals surface area contributed by atoms with E-state index >= 15 is 0 Å². The van der Waals surface area contributed by atoms with Crippen molar-refractivity contribution in [2.45, 2.75) is 4.90 Å². The molecule has 0 fully saturated rings. The fraction of sp³-hybridized carbons (Fsp3) is 0. The molecule has 0 unspecified atom stereocenters. The second-order valence-corrected chi connectivity index (χ2v) is 4.92. The number of benzene rings is 1. The minimum atomic E-state index is -4.28. The van der Waals surface area contributed by atoms with Gasteiger partial charge in [-0.3, -0.25) is 4.55 Å². The molecule has 0 aliphatic heterocycles. The molecular formula is C9H10N6O3S. The van der Waals surface area contributed by atoms with Crippen molar-refractivity contribution in [3.63, 3.8) is 0 Å². The largest absolute Gasteiger partial charge is 0.368 e. The predicted octanol–water partition coefficient (Wildman–Crippen LogP) is 0.0263. The molecule has 1 aromatic heterocycles. The quantitative estimate of drug-likeness (QED) is 0.569. The summed E-state index contributed by atoms with van der Waals surface area (Å²) in [4.78, 5) is 10.9. The summed E-state index contributed by atoms with van der Waals surface area (Å²) < 4.78 is 30.9. The van der Waals surface area contributed by atoms with Crippen molar-refractivity contribution >= 4 is 33.7 Å². The van der Waals surface area contributed by atoms with E-state index in [0.29, 0.717) is 5.69 Å². The van der Waals surface area contributed by atoms with Crippen LogP contribution in [-0.2, 0) is 10.1 Å². The van der Waals surface area contributed by atoms with Gasteiger partial charge in [-0.15, -0.1) is 0 Å². The number of rotatable bonds is 3. The van der Waals surface area contributed by atoms with E-state index in [-0.39, 0.29) is 22.7 Å². The number of nitrogen functional groups attached to an aromatic ring is 2. The Kier molecular flexibility index (Phi) is 3.19. The average molecular weight is 282 g/mol. The number of aromatic nitrogens is 3. The summed E-state index contributed by atoms with van der Waals surface area (Å²) in [5.74, 6) is -0.0700. The summed E-state index contributed by atoms with van der Waals surface area (Å²) in [6.45, 7) is 0. The number of anilines is 4. The van der Waals surface area contributed by atoms with Crippen molar-refractivity contribution in [3.05, 3.63) is 24.3 Å². The van der Waals surface area contributed by atoms with E-state index in [0.717, 1.165) is 0 Å². The Morgan fingerprint density at radius 2 is 1.74 bits per heavy atom. The molecule has 10 heteroatoms. The van der Waals surface area contributed by atoms with Crippen molar-refractivity contribution in [2.75, 3.05) is 16.8 Å². The van der Waals surface area contributed by atoms with Crippen molar-refractivity contribution in [1.82, 2.24) is 15.0 Å². The molecule has 0 amide bonds. The Bertz CT molecular complexity index is 697. The minimum absolute atomic E-state index is 0.0671. The van der Waals surface area contributed by atoms with Gasteiger partial charge in [0.15, 0.2) is 0 Å². The third-order valence-electron chi connectivity index (χ3n) is 2.06. The van der Waals surface area contributed by atoms with Crippen LogP contribution < -0.4 is 16.8 Å². The van der Waals surface area contributed by atoms with Crippen LogP contribution in [0.1, 0.15) is 0 Å². The summed E-state index contributed by atoms with van der Waals surface area (Å²) in [7, 11) is -4.28. The lowest BCUT2D eigenvalue weighted by Gasteiger charge is -2.06. The van der Waals surface area contributed by atoms with E-state index in [2.05, 4.69) is 20.3 Å². The Labute approximate surface area is 108 Å². The summed E-state index contributed by atoms with van der Waals surface area (Å²) in [6, 6.07) is 5.46. The molecule has 0 saturated carbocycles. The van der Waals surface area contributed by atoms with Crippen molar-refractivity contribution in [2.24, 2.45) is 0 Å². The lowest BCUT2D eigenvalue weighted by atomic mass is 10.3. The van der Waals surface area contributed by atoms with Gasteiger partial charge in [0.2, 0.25) is 17.8 Å². The summed E-state index contributed by atoms with van der Waals surface area (Å²) in [5.41, 5.74) is 11.1. The molecule has 2 rings (SSSR count). The van der Waals surface area contributed by atoms with E-state index in [9.17, 15) is 8.42 Å². The maximum Gasteiger partial charge on any atom is 0.294 e. The molecule has 0 spiro atoms. The zero-order chi connectivity index (χ0) is 14.0. The molecule has 100 valence electrons. The van der Waals surface area contributed by atoms with Crippen molar-refractivity contribution in [1.29, 1.82) is 0 Å². The van der Waals surface area contributed by atoms with E-state index in [4.69, 9.17) is 16.0 Å². The van der Waals surface area contributed by atoms with Crippen LogP contribution in [0.25, 0.3) is 0 Å². The second kappa shape index (κ2) is 4.66. The number of nitrogens with one attached hydrogen (secondary N) is 1. The number of hydrogen-bond donors (Lipinski definition) is 4. The molecule has 0 saturated heterocycles. The zero-order valence-corrected chi connectivity index (χ0v) is 10.3. The van der Waals surface area contributed by atoms with Crippen LogP contribution in [0.2, 0.25) is 0 Å².